The van der Waals surface area contributed by atoms with E-state index in [1.54, 1.807) is 0 Å². The molecule has 0 aliphatic carbocycles. The van der Waals surface area contributed by atoms with Crippen molar-refractivity contribution in [3.63, 3.8) is 0 Å². The number of rotatable bonds is 2. The summed E-state index contributed by atoms with van der Waals surface area (Å²) in [6.45, 7) is 4.69. The molecule has 2 aromatic rings. The monoisotopic (exact) mass is 245 g/mol. The van der Waals surface area contributed by atoms with Gasteiger partial charge in [-0.3, -0.25) is 0 Å². The maximum atomic E-state index is 6.15. The van der Waals surface area contributed by atoms with Crippen molar-refractivity contribution in [2.45, 2.75) is 20.4 Å². The minimum Gasteiger partial charge on any atom is -0.326 e. The average Bonchev–Trinajstić information content (AvgIpc) is 2.32. The molecule has 0 spiro atoms. The first-order valence-electron chi connectivity index (χ1n) is 5.68. The molecule has 0 heterocycles. The van der Waals surface area contributed by atoms with Gasteiger partial charge in [0.05, 0.1) is 0 Å². The highest BCUT2D eigenvalue weighted by molar-refractivity contribution is 6.31. The molecule has 0 aliphatic heterocycles. The lowest BCUT2D eigenvalue weighted by molar-refractivity contribution is 1.07. The van der Waals surface area contributed by atoms with E-state index >= 15 is 0 Å². The van der Waals surface area contributed by atoms with E-state index in [2.05, 4.69) is 31.2 Å². The Labute approximate surface area is 107 Å². The maximum Gasteiger partial charge on any atom is 0.0441 e. The van der Waals surface area contributed by atoms with Crippen LogP contribution in [-0.4, -0.2) is 0 Å². The minimum absolute atomic E-state index is 0.579. The number of hydrogen-bond donors (Lipinski definition) is 1. The molecule has 2 N–H and O–H groups in total. The summed E-state index contributed by atoms with van der Waals surface area (Å²) < 4.78 is 0. The first-order chi connectivity index (χ1) is 8.11. The number of hydrogen-bond acceptors (Lipinski definition) is 1. The summed E-state index contributed by atoms with van der Waals surface area (Å²) in [5.41, 5.74) is 11.5. The summed E-state index contributed by atoms with van der Waals surface area (Å²) in [5, 5.41) is 0.810. The third-order valence-electron chi connectivity index (χ3n) is 3.01. The van der Waals surface area contributed by atoms with E-state index in [0.717, 1.165) is 21.7 Å². The van der Waals surface area contributed by atoms with Crippen LogP contribution in [0.3, 0.4) is 0 Å². The van der Waals surface area contributed by atoms with Crippen molar-refractivity contribution in [2.24, 2.45) is 5.73 Å². The van der Waals surface area contributed by atoms with Gasteiger partial charge in [0.25, 0.3) is 0 Å². The number of nitrogens with two attached hydrogens (primary N) is 1. The molecule has 0 amide bonds. The van der Waals surface area contributed by atoms with Gasteiger partial charge in [0.2, 0.25) is 0 Å². The van der Waals surface area contributed by atoms with Gasteiger partial charge in [-0.1, -0.05) is 41.9 Å². The van der Waals surface area contributed by atoms with Crippen molar-refractivity contribution in [2.75, 3.05) is 0 Å². The molecule has 2 heteroatoms. The molecule has 0 unspecified atom stereocenters. The summed E-state index contributed by atoms with van der Waals surface area (Å²) in [6, 6.07) is 12.5. The van der Waals surface area contributed by atoms with Crippen molar-refractivity contribution in [3.05, 3.63) is 58.1 Å². The lowest BCUT2D eigenvalue weighted by Gasteiger charge is -2.09. The molecule has 0 aromatic heterocycles. The number of halogens is 1. The van der Waals surface area contributed by atoms with Gasteiger partial charge in [0, 0.05) is 11.6 Å². The van der Waals surface area contributed by atoms with Gasteiger partial charge in [0.1, 0.15) is 0 Å². The standard InChI is InChI=1S/C15H16ClN/c1-10-3-5-13(8-15(10)16)14-6-4-12(9-17)7-11(14)2/h3-8H,9,17H2,1-2H3. The van der Waals surface area contributed by atoms with Crippen molar-refractivity contribution < 1.29 is 0 Å². The second-order valence-electron chi connectivity index (χ2n) is 4.32. The van der Waals surface area contributed by atoms with Crippen LogP contribution in [0.15, 0.2) is 36.4 Å². The summed E-state index contributed by atoms with van der Waals surface area (Å²) in [6.07, 6.45) is 0. The average molecular weight is 246 g/mol. The highest BCUT2D eigenvalue weighted by Crippen LogP contribution is 2.28. The fourth-order valence-electron chi connectivity index (χ4n) is 1.94. The molecule has 0 aliphatic rings. The molecular formula is C15H16ClN. The second kappa shape index (κ2) is 4.91. The van der Waals surface area contributed by atoms with E-state index < -0.39 is 0 Å². The Morgan fingerprint density at radius 1 is 1.00 bits per heavy atom. The van der Waals surface area contributed by atoms with E-state index in [-0.39, 0.29) is 0 Å². The Morgan fingerprint density at radius 3 is 2.35 bits per heavy atom. The normalized spacial score (nSPS) is 10.6. The topological polar surface area (TPSA) is 26.0 Å². The van der Waals surface area contributed by atoms with Crippen LogP contribution in [-0.2, 0) is 6.54 Å². The lowest BCUT2D eigenvalue weighted by atomic mass is 9.98. The zero-order chi connectivity index (χ0) is 12.4. The molecule has 0 saturated heterocycles. The van der Waals surface area contributed by atoms with Crippen LogP contribution < -0.4 is 5.73 Å². The van der Waals surface area contributed by atoms with Crippen molar-refractivity contribution in [1.29, 1.82) is 0 Å². The first kappa shape index (κ1) is 12.2. The molecule has 0 bridgehead atoms. The molecule has 1 nitrogen and oxygen atoms in total. The minimum atomic E-state index is 0.579. The fraction of sp³-hybridized carbons (Fsp3) is 0.200. The van der Waals surface area contributed by atoms with Crippen LogP contribution >= 0.6 is 11.6 Å². The van der Waals surface area contributed by atoms with Crippen LogP contribution in [0.5, 0.6) is 0 Å². The summed E-state index contributed by atoms with van der Waals surface area (Å²) in [7, 11) is 0. The molecular weight excluding hydrogens is 230 g/mol. The smallest absolute Gasteiger partial charge is 0.0441 e. The van der Waals surface area contributed by atoms with Crippen LogP contribution in [0.2, 0.25) is 5.02 Å². The Kier molecular flexibility index (Phi) is 3.51. The Morgan fingerprint density at radius 2 is 1.76 bits per heavy atom. The molecule has 2 aromatic carbocycles. The summed E-state index contributed by atoms with van der Waals surface area (Å²) in [4.78, 5) is 0. The van der Waals surface area contributed by atoms with Gasteiger partial charge in [-0.25, -0.2) is 0 Å². The Bertz CT molecular complexity index is 547. The zero-order valence-electron chi connectivity index (χ0n) is 10.1. The largest absolute Gasteiger partial charge is 0.326 e. The van der Waals surface area contributed by atoms with Gasteiger partial charge in [-0.15, -0.1) is 0 Å². The lowest BCUT2D eigenvalue weighted by Crippen LogP contribution is -1.97. The van der Waals surface area contributed by atoms with E-state index in [1.807, 2.05) is 19.1 Å². The Hall–Kier alpha value is -1.31. The van der Waals surface area contributed by atoms with Gasteiger partial charge < -0.3 is 5.73 Å². The molecule has 88 valence electrons. The van der Waals surface area contributed by atoms with Crippen molar-refractivity contribution in [3.8, 4) is 11.1 Å². The predicted octanol–water partition coefficient (Wildman–Crippen LogP) is 4.08. The number of benzene rings is 2. The van der Waals surface area contributed by atoms with Gasteiger partial charge in [0.15, 0.2) is 0 Å². The van der Waals surface area contributed by atoms with Gasteiger partial charge in [-0.2, -0.15) is 0 Å². The second-order valence-corrected chi connectivity index (χ2v) is 4.72. The predicted molar refractivity (Wildman–Crippen MR) is 74.3 cm³/mol. The van der Waals surface area contributed by atoms with Gasteiger partial charge in [-0.05, 0) is 47.7 Å². The van der Waals surface area contributed by atoms with E-state index in [9.17, 15) is 0 Å². The molecule has 2 rings (SSSR count). The highest BCUT2D eigenvalue weighted by atomic mass is 35.5. The number of aryl methyl sites for hydroxylation is 2. The van der Waals surface area contributed by atoms with E-state index in [1.165, 1.54) is 11.1 Å². The van der Waals surface area contributed by atoms with Gasteiger partial charge >= 0.3 is 0 Å². The van der Waals surface area contributed by atoms with Crippen molar-refractivity contribution >= 4 is 11.6 Å². The fourth-order valence-corrected chi connectivity index (χ4v) is 2.12. The first-order valence-corrected chi connectivity index (χ1v) is 6.05. The molecule has 0 fully saturated rings. The zero-order valence-corrected chi connectivity index (χ0v) is 10.9. The third-order valence-corrected chi connectivity index (χ3v) is 3.42. The van der Waals surface area contributed by atoms with Crippen molar-refractivity contribution in [1.82, 2.24) is 0 Å². The summed E-state index contributed by atoms with van der Waals surface area (Å²) in [5.74, 6) is 0. The molecule has 17 heavy (non-hydrogen) atoms. The molecule has 0 atom stereocenters. The SMILES string of the molecule is Cc1ccc(-c2ccc(CN)cc2C)cc1Cl. The van der Waals surface area contributed by atoms with E-state index in [4.69, 9.17) is 17.3 Å². The quantitative estimate of drug-likeness (QED) is 0.848. The van der Waals surface area contributed by atoms with Crippen LogP contribution in [0, 0.1) is 13.8 Å². The van der Waals surface area contributed by atoms with Crippen LogP contribution in [0.1, 0.15) is 16.7 Å². The van der Waals surface area contributed by atoms with E-state index in [0.29, 0.717) is 6.54 Å². The highest BCUT2D eigenvalue weighted by Gasteiger charge is 2.04. The maximum absolute atomic E-state index is 6.15. The molecule has 0 radical (unpaired) electrons. The third kappa shape index (κ3) is 2.51. The Balaban J connectivity index is 2.49. The molecule has 0 saturated carbocycles. The van der Waals surface area contributed by atoms with Crippen LogP contribution in [0.25, 0.3) is 11.1 Å². The summed E-state index contributed by atoms with van der Waals surface area (Å²) >= 11 is 6.15. The van der Waals surface area contributed by atoms with Crippen LogP contribution in [0.4, 0.5) is 0 Å².